The number of pyridine rings is 1. The molecule has 0 aliphatic rings. The van der Waals surface area contributed by atoms with E-state index >= 15 is 0 Å². The van der Waals surface area contributed by atoms with E-state index in [4.69, 9.17) is 23.2 Å². The topological polar surface area (TPSA) is 48.5 Å². The molecule has 5 nitrogen and oxygen atoms in total. The number of nitrogens with zero attached hydrogens (tertiary/aromatic N) is 5. The van der Waals surface area contributed by atoms with Crippen LogP contribution in [0.2, 0.25) is 5.02 Å². The summed E-state index contributed by atoms with van der Waals surface area (Å²) < 4.78 is 3.55. The Morgan fingerprint density at radius 2 is 2.22 bits per heavy atom. The quantitative estimate of drug-likeness (QED) is 0.679. The van der Waals surface area contributed by atoms with Gasteiger partial charge in [0.2, 0.25) is 0 Å². The first kappa shape index (κ1) is 11.5. The molecule has 0 N–H and O–H groups in total. The molecule has 0 aliphatic heterocycles. The molecule has 0 bridgehead atoms. The average molecular weight is 282 g/mol. The Bertz CT molecular complexity index is 715. The highest BCUT2D eigenvalue weighted by Crippen LogP contribution is 2.22. The third-order valence-electron chi connectivity index (χ3n) is 2.58. The first-order valence-electron chi connectivity index (χ1n) is 5.28. The summed E-state index contributed by atoms with van der Waals surface area (Å²) in [5, 5.41) is 4.89. The maximum atomic E-state index is 5.92. The van der Waals surface area contributed by atoms with Crippen LogP contribution in [0.4, 0.5) is 0 Å². The minimum Gasteiger partial charge on any atom is -0.274 e. The third kappa shape index (κ3) is 1.76. The third-order valence-corrected chi connectivity index (χ3v) is 3.03. The van der Waals surface area contributed by atoms with Crippen LogP contribution < -0.4 is 0 Å². The van der Waals surface area contributed by atoms with Crippen molar-refractivity contribution in [1.29, 1.82) is 0 Å². The zero-order valence-corrected chi connectivity index (χ0v) is 11.0. The van der Waals surface area contributed by atoms with E-state index in [0.29, 0.717) is 22.0 Å². The molecule has 3 rings (SSSR count). The molecule has 3 heterocycles. The molecular weight excluding hydrogens is 273 g/mol. The van der Waals surface area contributed by atoms with Crippen LogP contribution in [0.3, 0.4) is 0 Å². The summed E-state index contributed by atoms with van der Waals surface area (Å²) in [5.74, 6) is 1.72. The van der Waals surface area contributed by atoms with Crippen LogP contribution in [0.15, 0.2) is 24.5 Å². The van der Waals surface area contributed by atoms with Gasteiger partial charge in [0.1, 0.15) is 11.3 Å². The first-order valence-corrected chi connectivity index (χ1v) is 6.19. The summed E-state index contributed by atoms with van der Waals surface area (Å²) in [7, 11) is 1.85. The Kier molecular flexibility index (Phi) is 2.72. The van der Waals surface area contributed by atoms with Crippen molar-refractivity contribution in [2.75, 3.05) is 0 Å². The SMILES string of the molecule is Cn1ccc(-n2c(CCl)nc3cc(Cl)cnc32)n1. The van der Waals surface area contributed by atoms with Gasteiger partial charge in [0.15, 0.2) is 11.5 Å². The Balaban J connectivity index is 2.32. The number of fused-ring (bicyclic) bond motifs is 1. The fourth-order valence-electron chi connectivity index (χ4n) is 1.84. The van der Waals surface area contributed by atoms with Gasteiger partial charge in [-0.05, 0) is 6.07 Å². The lowest BCUT2D eigenvalue weighted by molar-refractivity contribution is 0.748. The maximum absolute atomic E-state index is 5.92. The lowest BCUT2D eigenvalue weighted by atomic mass is 10.4. The van der Waals surface area contributed by atoms with Crippen LogP contribution >= 0.6 is 23.2 Å². The molecule has 0 spiro atoms. The van der Waals surface area contributed by atoms with Gasteiger partial charge in [-0.2, -0.15) is 5.10 Å². The lowest BCUT2D eigenvalue weighted by Gasteiger charge is -2.02. The summed E-state index contributed by atoms with van der Waals surface area (Å²) >= 11 is 11.8. The van der Waals surface area contributed by atoms with Gasteiger partial charge in [-0.1, -0.05) is 11.6 Å². The van der Waals surface area contributed by atoms with Crippen LogP contribution in [-0.2, 0) is 12.9 Å². The van der Waals surface area contributed by atoms with Gasteiger partial charge in [0.25, 0.3) is 0 Å². The maximum Gasteiger partial charge on any atom is 0.166 e. The van der Waals surface area contributed by atoms with Gasteiger partial charge < -0.3 is 0 Å². The Hall–Kier alpha value is -1.59. The van der Waals surface area contributed by atoms with Gasteiger partial charge in [0, 0.05) is 25.5 Å². The van der Waals surface area contributed by atoms with Crippen LogP contribution in [-0.4, -0.2) is 24.3 Å². The Labute approximate surface area is 113 Å². The smallest absolute Gasteiger partial charge is 0.166 e. The fraction of sp³-hybridized carbons (Fsp3) is 0.182. The summed E-state index contributed by atoms with van der Waals surface area (Å²) in [6.45, 7) is 0. The largest absolute Gasteiger partial charge is 0.274 e. The van der Waals surface area contributed by atoms with Crippen LogP contribution in [0.1, 0.15) is 5.82 Å². The molecule has 0 saturated carbocycles. The second-order valence-corrected chi connectivity index (χ2v) is 4.54. The molecule has 0 fully saturated rings. The van der Waals surface area contributed by atoms with Crippen LogP contribution in [0.5, 0.6) is 0 Å². The van der Waals surface area contributed by atoms with Crippen molar-refractivity contribution in [2.24, 2.45) is 7.05 Å². The lowest BCUT2D eigenvalue weighted by Crippen LogP contribution is -2.02. The first-order chi connectivity index (χ1) is 8.69. The van der Waals surface area contributed by atoms with Crippen molar-refractivity contribution in [3.63, 3.8) is 0 Å². The van der Waals surface area contributed by atoms with Gasteiger partial charge in [0.05, 0.1) is 10.9 Å². The number of aryl methyl sites for hydroxylation is 1. The van der Waals surface area contributed by atoms with Crippen molar-refractivity contribution >= 4 is 34.4 Å². The molecule has 3 aromatic heterocycles. The highest BCUT2D eigenvalue weighted by atomic mass is 35.5. The number of aromatic nitrogens is 5. The number of imidazole rings is 1. The van der Waals surface area contributed by atoms with E-state index in [1.54, 1.807) is 16.9 Å². The van der Waals surface area contributed by atoms with Crippen molar-refractivity contribution in [2.45, 2.75) is 5.88 Å². The zero-order chi connectivity index (χ0) is 12.7. The van der Waals surface area contributed by atoms with Crippen LogP contribution in [0.25, 0.3) is 17.0 Å². The Morgan fingerprint density at radius 3 is 2.89 bits per heavy atom. The molecule has 18 heavy (non-hydrogen) atoms. The van der Waals surface area contributed by atoms with E-state index < -0.39 is 0 Å². The molecule has 0 radical (unpaired) electrons. The van der Waals surface area contributed by atoms with E-state index in [1.165, 1.54) is 0 Å². The molecule has 7 heteroatoms. The van der Waals surface area contributed by atoms with Gasteiger partial charge in [-0.25, -0.2) is 9.97 Å². The van der Waals surface area contributed by atoms with Crippen molar-refractivity contribution in [3.8, 4) is 5.82 Å². The van der Waals surface area contributed by atoms with Crippen molar-refractivity contribution in [1.82, 2.24) is 24.3 Å². The zero-order valence-electron chi connectivity index (χ0n) is 9.51. The highest BCUT2D eigenvalue weighted by molar-refractivity contribution is 6.31. The number of rotatable bonds is 2. The molecule has 0 unspecified atom stereocenters. The minimum atomic E-state index is 0.282. The predicted molar refractivity (Wildman–Crippen MR) is 70.2 cm³/mol. The molecule has 0 amide bonds. The number of halogens is 2. The normalized spacial score (nSPS) is 11.3. The molecule has 3 aromatic rings. The predicted octanol–water partition coefficient (Wildman–Crippen LogP) is 2.55. The number of alkyl halides is 1. The molecule has 0 aliphatic carbocycles. The molecule has 92 valence electrons. The van der Waals surface area contributed by atoms with Crippen LogP contribution in [0, 0.1) is 0 Å². The summed E-state index contributed by atoms with van der Waals surface area (Å²) in [5.41, 5.74) is 1.41. The van der Waals surface area contributed by atoms with E-state index in [1.807, 2.05) is 23.9 Å². The second-order valence-electron chi connectivity index (χ2n) is 3.84. The second kappa shape index (κ2) is 4.26. The highest BCUT2D eigenvalue weighted by Gasteiger charge is 2.14. The molecule has 0 aromatic carbocycles. The van der Waals surface area contributed by atoms with Gasteiger partial charge in [-0.15, -0.1) is 11.6 Å². The van der Waals surface area contributed by atoms with E-state index in [0.717, 1.165) is 5.82 Å². The minimum absolute atomic E-state index is 0.282. The molecular formula is C11H9Cl2N5. The number of hydrogen-bond acceptors (Lipinski definition) is 3. The average Bonchev–Trinajstić information content (AvgIpc) is 2.91. The van der Waals surface area contributed by atoms with E-state index in [-0.39, 0.29) is 5.88 Å². The van der Waals surface area contributed by atoms with Gasteiger partial charge in [-0.3, -0.25) is 9.25 Å². The summed E-state index contributed by atoms with van der Waals surface area (Å²) in [4.78, 5) is 8.71. The number of hydrogen-bond donors (Lipinski definition) is 0. The monoisotopic (exact) mass is 281 g/mol. The van der Waals surface area contributed by atoms with E-state index in [2.05, 4.69) is 15.1 Å². The molecule has 0 saturated heterocycles. The Morgan fingerprint density at radius 1 is 1.39 bits per heavy atom. The van der Waals surface area contributed by atoms with E-state index in [9.17, 15) is 0 Å². The van der Waals surface area contributed by atoms with Crippen molar-refractivity contribution < 1.29 is 0 Å². The summed E-state index contributed by atoms with van der Waals surface area (Å²) in [6.07, 6.45) is 3.44. The fourth-order valence-corrected chi connectivity index (χ4v) is 2.17. The summed E-state index contributed by atoms with van der Waals surface area (Å²) in [6, 6.07) is 3.65. The van der Waals surface area contributed by atoms with Crippen molar-refractivity contribution in [3.05, 3.63) is 35.4 Å². The van der Waals surface area contributed by atoms with Gasteiger partial charge >= 0.3 is 0 Å². The standard InChI is InChI=1S/C11H9Cl2N5/c1-17-3-2-9(16-17)18-10(5-12)15-8-4-7(13)6-14-11(8)18/h2-4,6H,5H2,1H3. The molecule has 0 atom stereocenters.